The van der Waals surface area contributed by atoms with Gasteiger partial charge in [0.05, 0.1) is 0 Å². The van der Waals surface area contributed by atoms with Crippen LogP contribution in [0.5, 0.6) is 0 Å². The van der Waals surface area contributed by atoms with Crippen LogP contribution in [0.1, 0.15) is 46.5 Å². The fraction of sp³-hybridized carbons (Fsp3) is 0.769. The second-order valence-corrected chi connectivity index (χ2v) is 6.41. The van der Waals surface area contributed by atoms with E-state index in [0.29, 0.717) is 25.7 Å². The summed E-state index contributed by atoms with van der Waals surface area (Å²) < 4.78 is 5.20. The maximum absolute atomic E-state index is 11.8. The SMILES string of the molecule is CC(C)(C)OC(=O)NC1CCC2(CC1)NC(=O)NC2=O. The molecule has 20 heavy (non-hydrogen) atoms. The van der Waals surface area contributed by atoms with Crippen molar-refractivity contribution in [3.05, 3.63) is 0 Å². The Morgan fingerprint density at radius 1 is 1.30 bits per heavy atom. The molecule has 2 fully saturated rings. The molecule has 2 rings (SSSR count). The Morgan fingerprint density at radius 2 is 1.90 bits per heavy atom. The molecule has 0 aromatic carbocycles. The van der Waals surface area contributed by atoms with E-state index in [0.717, 1.165) is 0 Å². The number of urea groups is 1. The van der Waals surface area contributed by atoms with E-state index in [9.17, 15) is 14.4 Å². The molecule has 0 aromatic heterocycles. The van der Waals surface area contributed by atoms with Crippen molar-refractivity contribution < 1.29 is 19.1 Å². The first-order valence-electron chi connectivity index (χ1n) is 6.83. The highest BCUT2D eigenvalue weighted by atomic mass is 16.6. The van der Waals surface area contributed by atoms with Crippen LogP contribution in [0.2, 0.25) is 0 Å². The zero-order valence-corrected chi connectivity index (χ0v) is 12.0. The topological polar surface area (TPSA) is 96.5 Å². The molecule has 4 amide bonds. The zero-order chi connectivity index (χ0) is 15.0. The van der Waals surface area contributed by atoms with Gasteiger partial charge in [-0.3, -0.25) is 10.1 Å². The highest BCUT2D eigenvalue weighted by Crippen LogP contribution is 2.31. The minimum Gasteiger partial charge on any atom is -0.444 e. The summed E-state index contributed by atoms with van der Waals surface area (Å²) in [5.74, 6) is -0.266. The molecule has 0 unspecified atom stereocenters. The van der Waals surface area contributed by atoms with Crippen molar-refractivity contribution in [1.82, 2.24) is 16.0 Å². The quantitative estimate of drug-likeness (QED) is 0.626. The number of rotatable bonds is 1. The summed E-state index contributed by atoms with van der Waals surface area (Å²) in [6.07, 6.45) is 1.86. The Hall–Kier alpha value is -1.79. The Labute approximate surface area is 117 Å². The molecule has 0 atom stereocenters. The molecule has 7 nitrogen and oxygen atoms in total. The zero-order valence-electron chi connectivity index (χ0n) is 12.0. The summed E-state index contributed by atoms with van der Waals surface area (Å²) in [7, 11) is 0. The van der Waals surface area contributed by atoms with Crippen molar-refractivity contribution >= 4 is 18.0 Å². The molecular formula is C13H21N3O4. The van der Waals surface area contributed by atoms with E-state index < -0.39 is 23.3 Å². The Bertz CT molecular complexity index is 433. The molecule has 1 spiro atoms. The van der Waals surface area contributed by atoms with Gasteiger partial charge >= 0.3 is 12.1 Å². The van der Waals surface area contributed by atoms with Crippen molar-refractivity contribution in [3.8, 4) is 0 Å². The van der Waals surface area contributed by atoms with Gasteiger partial charge in [-0.25, -0.2) is 9.59 Å². The van der Waals surface area contributed by atoms with Crippen molar-refractivity contribution in [3.63, 3.8) is 0 Å². The second kappa shape index (κ2) is 4.96. The van der Waals surface area contributed by atoms with Crippen LogP contribution < -0.4 is 16.0 Å². The first kappa shape index (κ1) is 14.6. The van der Waals surface area contributed by atoms with Crippen LogP contribution in [0.25, 0.3) is 0 Å². The van der Waals surface area contributed by atoms with Gasteiger partial charge in [-0.15, -0.1) is 0 Å². The lowest BCUT2D eigenvalue weighted by Gasteiger charge is -2.35. The van der Waals surface area contributed by atoms with Gasteiger partial charge in [0, 0.05) is 6.04 Å². The monoisotopic (exact) mass is 283 g/mol. The van der Waals surface area contributed by atoms with Gasteiger partial charge in [0.2, 0.25) is 0 Å². The molecule has 112 valence electrons. The number of nitrogens with one attached hydrogen (secondary N) is 3. The van der Waals surface area contributed by atoms with Crippen molar-refractivity contribution in [2.45, 2.75) is 63.6 Å². The van der Waals surface area contributed by atoms with Crippen molar-refractivity contribution in [1.29, 1.82) is 0 Å². The molecule has 2 aliphatic rings. The fourth-order valence-electron chi connectivity index (χ4n) is 2.61. The van der Waals surface area contributed by atoms with Gasteiger partial charge in [-0.2, -0.15) is 0 Å². The fourth-order valence-corrected chi connectivity index (χ4v) is 2.61. The van der Waals surface area contributed by atoms with Gasteiger partial charge in [0.15, 0.2) is 0 Å². The Morgan fingerprint density at radius 3 is 2.35 bits per heavy atom. The molecule has 7 heteroatoms. The number of ether oxygens (including phenoxy) is 1. The molecular weight excluding hydrogens is 262 g/mol. The van der Waals surface area contributed by atoms with E-state index >= 15 is 0 Å². The summed E-state index contributed by atoms with van der Waals surface area (Å²) in [5, 5.41) is 7.75. The third-order valence-electron chi connectivity index (χ3n) is 3.57. The lowest BCUT2D eigenvalue weighted by molar-refractivity contribution is -0.125. The first-order chi connectivity index (χ1) is 9.20. The number of hydrogen-bond donors (Lipinski definition) is 3. The third kappa shape index (κ3) is 3.20. The van der Waals surface area contributed by atoms with Gasteiger partial charge in [-0.1, -0.05) is 0 Å². The number of imide groups is 1. The normalized spacial score (nSPS) is 29.9. The lowest BCUT2D eigenvalue weighted by Crippen LogP contribution is -2.53. The van der Waals surface area contributed by atoms with E-state index in [4.69, 9.17) is 4.74 Å². The predicted molar refractivity (Wildman–Crippen MR) is 71.0 cm³/mol. The molecule has 0 radical (unpaired) electrons. The average molecular weight is 283 g/mol. The average Bonchev–Trinajstić information content (AvgIpc) is 2.55. The minimum absolute atomic E-state index is 0.0271. The molecule has 3 N–H and O–H groups in total. The van der Waals surface area contributed by atoms with E-state index in [1.165, 1.54) is 0 Å². The second-order valence-electron chi connectivity index (χ2n) is 6.41. The molecule has 0 bridgehead atoms. The van der Waals surface area contributed by atoms with Gasteiger partial charge in [-0.05, 0) is 46.5 Å². The van der Waals surface area contributed by atoms with E-state index in [1.807, 2.05) is 0 Å². The van der Waals surface area contributed by atoms with Crippen LogP contribution in [-0.4, -0.2) is 35.2 Å². The molecule has 0 aromatic rings. The maximum atomic E-state index is 11.8. The summed E-state index contributed by atoms with van der Waals surface area (Å²) in [5.41, 5.74) is -1.32. The van der Waals surface area contributed by atoms with Gasteiger partial charge in [0.25, 0.3) is 5.91 Å². The largest absolute Gasteiger partial charge is 0.444 e. The van der Waals surface area contributed by atoms with Crippen LogP contribution in [-0.2, 0) is 9.53 Å². The smallest absolute Gasteiger partial charge is 0.407 e. The van der Waals surface area contributed by atoms with Gasteiger partial charge in [0.1, 0.15) is 11.1 Å². The number of carbonyl (C=O) groups excluding carboxylic acids is 3. The summed E-state index contributed by atoms with van der Waals surface area (Å²) in [6.45, 7) is 5.42. The van der Waals surface area contributed by atoms with Crippen LogP contribution in [0.4, 0.5) is 9.59 Å². The van der Waals surface area contributed by atoms with Crippen molar-refractivity contribution in [2.75, 3.05) is 0 Å². The number of alkyl carbamates (subject to hydrolysis) is 1. The lowest BCUT2D eigenvalue weighted by atomic mass is 9.79. The molecule has 1 aliphatic carbocycles. The van der Waals surface area contributed by atoms with Crippen LogP contribution in [0.3, 0.4) is 0 Å². The molecule has 1 heterocycles. The molecule has 1 saturated heterocycles. The minimum atomic E-state index is -0.788. The number of carbonyl (C=O) groups is 3. The van der Waals surface area contributed by atoms with Crippen LogP contribution in [0, 0.1) is 0 Å². The maximum Gasteiger partial charge on any atom is 0.407 e. The first-order valence-corrected chi connectivity index (χ1v) is 6.83. The summed E-state index contributed by atoms with van der Waals surface area (Å²) in [4.78, 5) is 34.7. The van der Waals surface area contributed by atoms with Gasteiger partial charge < -0.3 is 15.4 Å². The summed E-state index contributed by atoms with van der Waals surface area (Å²) >= 11 is 0. The van der Waals surface area contributed by atoms with Crippen LogP contribution in [0.15, 0.2) is 0 Å². The van der Waals surface area contributed by atoms with Crippen molar-refractivity contribution in [2.24, 2.45) is 0 Å². The van der Waals surface area contributed by atoms with E-state index in [2.05, 4.69) is 16.0 Å². The third-order valence-corrected chi connectivity index (χ3v) is 3.57. The van der Waals surface area contributed by atoms with Crippen LogP contribution >= 0.6 is 0 Å². The molecule has 1 saturated carbocycles. The summed E-state index contributed by atoms with van der Waals surface area (Å²) in [6, 6.07) is -0.464. The number of hydrogen-bond acceptors (Lipinski definition) is 4. The highest BCUT2D eigenvalue weighted by Gasteiger charge is 2.48. The standard InChI is InChI=1S/C13H21N3O4/c1-12(2,3)20-11(19)14-8-4-6-13(7-5-8)9(17)15-10(18)16-13/h8H,4-7H2,1-3H3,(H,14,19)(H2,15,16,17,18). The molecule has 1 aliphatic heterocycles. The predicted octanol–water partition coefficient (Wildman–Crippen LogP) is 1.03. The Kier molecular flexibility index (Phi) is 3.62. The van der Waals surface area contributed by atoms with E-state index in [1.54, 1.807) is 20.8 Å². The Balaban J connectivity index is 1.84. The highest BCUT2D eigenvalue weighted by molar-refractivity contribution is 6.07. The van der Waals surface area contributed by atoms with E-state index in [-0.39, 0.29) is 11.9 Å². The number of amides is 4.